The largest absolute Gasteiger partial charge is 0.497 e. The van der Waals surface area contributed by atoms with Crippen LogP contribution in [0.1, 0.15) is 42.7 Å². The lowest BCUT2D eigenvalue weighted by molar-refractivity contribution is 0.244. The first-order valence-electron chi connectivity index (χ1n) is 9.59. The van der Waals surface area contributed by atoms with E-state index in [1.807, 2.05) is 24.5 Å². The van der Waals surface area contributed by atoms with Gasteiger partial charge in [-0.05, 0) is 24.3 Å². The van der Waals surface area contributed by atoms with Crippen LogP contribution in [-0.2, 0) is 24.9 Å². The van der Waals surface area contributed by atoms with Crippen molar-refractivity contribution in [1.82, 2.24) is 19.9 Å². The maximum Gasteiger partial charge on any atom is 0.133 e. The van der Waals surface area contributed by atoms with Crippen LogP contribution in [0, 0.1) is 0 Å². The smallest absolute Gasteiger partial charge is 0.133 e. The summed E-state index contributed by atoms with van der Waals surface area (Å²) in [4.78, 5) is 17.8. The van der Waals surface area contributed by atoms with Crippen LogP contribution in [0.4, 0.5) is 0 Å². The van der Waals surface area contributed by atoms with Crippen LogP contribution < -0.4 is 4.74 Å². The van der Waals surface area contributed by atoms with Gasteiger partial charge in [-0.3, -0.25) is 4.90 Å². The molecule has 0 fully saturated rings. The number of fused-ring (bicyclic) bond motifs is 1. The molecule has 2 aromatic heterocycles. The Bertz CT molecular complexity index is 959. The highest BCUT2D eigenvalue weighted by molar-refractivity contribution is 7.15. The number of thiazole rings is 1. The summed E-state index contributed by atoms with van der Waals surface area (Å²) in [7, 11) is 1.68. The molecule has 1 aromatic carbocycles. The van der Waals surface area contributed by atoms with E-state index in [0.717, 1.165) is 48.2 Å². The van der Waals surface area contributed by atoms with E-state index in [-0.39, 0.29) is 5.41 Å². The second-order valence-corrected chi connectivity index (χ2v) is 9.35. The number of hydrogen-bond donors (Lipinski definition) is 0. The van der Waals surface area contributed by atoms with Crippen molar-refractivity contribution in [2.75, 3.05) is 13.7 Å². The molecule has 1 aliphatic heterocycles. The fourth-order valence-electron chi connectivity index (χ4n) is 3.34. The lowest BCUT2D eigenvalue weighted by Crippen LogP contribution is -2.31. The zero-order chi connectivity index (χ0) is 19.7. The number of benzene rings is 1. The molecule has 28 heavy (non-hydrogen) atoms. The molecule has 5 nitrogen and oxygen atoms in total. The van der Waals surface area contributed by atoms with E-state index in [2.05, 4.69) is 47.8 Å². The van der Waals surface area contributed by atoms with Crippen LogP contribution >= 0.6 is 11.3 Å². The summed E-state index contributed by atoms with van der Waals surface area (Å²) in [5.41, 5.74) is 3.58. The Morgan fingerprint density at radius 3 is 2.61 bits per heavy atom. The Labute approximate surface area is 170 Å². The van der Waals surface area contributed by atoms with Gasteiger partial charge in [0.05, 0.1) is 7.11 Å². The monoisotopic (exact) mass is 394 g/mol. The summed E-state index contributed by atoms with van der Waals surface area (Å²) in [5, 5.41) is 1.05. The SMILES string of the molecule is COc1ccc(-c2ncc(CN3CCc4nc(C(C)(C)C)ncc4C3)s2)cc1. The van der Waals surface area contributed by atoms with Crippen LogP contribution in [0.25, 0.3) is 10.6 Å². The Balaban J connectivity index is 1.44. The van der Waals surface area contributed by atoms with Crippen molar-refractivity contribution >= 4 is 11.3 Å². The summed E-state index contributed by atoms with van der Waals surface area (Å²) in [5.74, 6) is 1.80. The Morgan fingerprint density at radius 1 is 1.11 bits per heavy atom. The Hall–Kier alpha value is -2.31. The van der Waals surface area contributed by atoms with Crippen molar-refractivity contribution in [3.05, 3.63) is 58.6 Å². The van der Waals surface area contributed by atoms with Gasteiger partial charge in [0.15, 0.2) is 0 Å². The summed E-state index contributed by atoms with van der Waals surface area (Å²) in [6.07, 6.45) is 4.99. The van der Waals surface area contributed by atoms with Gasteiger partial charge >= 0.3 is 0 Å². The van der Waals surface area contributed by atoms with E-state index < -0.39 is 0 Å². The number of methoxy groups -OCH3 is 1. The number of nitrogens with zero attached hydrogens (tertiary/aromatic N) is 4. The van der Waals surface area contributed by atoms with E-state index >= 15 is 0 Å². The molecule has 0 radical (unpaired) electrons. The minimum atomic E-state index is -0.00728. The van der Waals surface area contributed by atoms with Gasteiger partial charge in [-0.15, -0.1) is 11.3 Å². The number of hydrogen-bond acceptors (Lipinski definition) is 6. The standard InChI is InChI=1S/C22H26N4OS/c1-22(2,3)21-24-11-16-13-26(10-9-19(16)25-21)14-18-12-23-20(28-18)15-5-7-17(27-4)8-6-15/h5-8,11-12H,9-10,13-14H2,1-4H3. The molecule has 3 aromatic rings. The van der Waals surface area contributed by atoms with Crippen molar-refractivity contribution in [3.63, 3.8) is 0 Å². The summed E-state index contributed by atoms with van der Waals surface area (Å²) in [6, 6.07) is 8.07. The molecule has 6 heteroatoms. The molecule has 0 saturated carbocycles. The first kappa shape index (κ1) is 19.0. The number of aromatic nitrogens is 3. The molecule has 0 amide bonds. The Kier molecular flexibility index (Phi) is 5.17. The van der Waals surface area contributed by atoms with Gasteiger partial charge in [-0.2, -0.15) is 0 Å². The zero-order valence-electron chi connectivity index (χ0n) is 16.9. The van der Waals surface area contributed by atoms with Crippen LogP contribution in [-0.4, -0.2) is 33.5 Å². The molecule has 0 unspecified atom stereocenters. The molecule has 146 valence electrons. The molecule has 0 saturated heterocycles. The molecule has 0 spiro atoms. The molecule has 0 N–H and O–H groups in total. The first-order chi connectivity index (χ1) is 13.4. The normalized spacial score (nSPS) is 14.7. The van der Waals surface area contributed by atoms with Gasteiger partial charge in [-0.1, -0.05) is 20.8 Å². The topological polar surface area (TPSA) is 51.1 Å². The van der Waals surface area contributed by atoms with Crippen molar-refractivity contribution in [2.45, 2.75) is 45.7 Å². The van der Waals surface area contributed by atoms with Gasteiger partial charge in [0.25, 0.3) is 0 Å². The number of rotatable bonds is 4. The highest BCUT2D eigenvalue weighted by Gasteiger charge is 2.23. The van der Waals surface area contributed by atoms with Crippen LogP contribution in [0.5, 0.6) is 5.75 Å². The van der Waals surface area contributed by atoms with Gasteiger partial charge in [-0.25, -0.2) is 15.0 Å². The minimum absolute atomic E-state index is 0.00728. The second kappa shape index (κ2) is 7.60. The predicted molar refractivity (Wildman–Crippen MR) is 113 cm³/mol. The molecular weight excluding hydrogens is 368 g/mol. The fourth-order valence-corrected chi connectivity index (χ4v) is 4.30. The highest BCUT2D eigenvalue weighted by atomic mass is 32.1. The van der Waals surface area contributed by atoms with Gasteiger partial charge in [0.2, 0.25) is 0 Å². The average molecular weight is 395 g/mol. The van der Waals surface area contributed by atoms with Gasteiger partial charge in [0, 0.05) is 65.6 Å². The predicted octanol–water partition coefficient (Wildman–Crippen LogP) is 4.46. The van der Waals surface area contributed by atoms with E-state index in [1.54, 1.807) is 18.4 Å². The molecule has 0 bridgehead atoms. The highest BCUT2D eigenvalue weighted by Crippen LogP contribution is 2.29. The molecule has 0 aliphatic carbocycles. The molecule has 3 heterocycles. The van der Waals surface area contributed by atoms with Crippen LogP contribution in [0.3, 0.4) is 0 Å². The van der Waals surface area contributed by atoms with Crippen LogP contribution in [0.2, 0.25) is 0 Å². The van der Waals surface area contributed by atoms with Crippen LogP contribution in [0.15, 0.2) is 36.7 Å². The summed E-state index contributed by atoms with van der Waals surface area (Å²) >= 11 is 1.76. The Morgan fingerprint density at radius 2 is 1.89 bits per heavy atom. The maximum atomic E-state index is 5.23. The lowest BCUT2D eigenvalue weighted by Gasteiger charge is -2.28. The molecule has 4 rings (SSSR count). The van der Waals surface area contributed by atoms with E-state index in [0.29, 0.717) is 0 Å². The van der Waals surface area contributed by atoms with Gasteiger partial charge in [0.1, 0.15) is 16.6 Å². The first-order valence-corrected chi connectivity index (χ1v) is 10.4. The van der Waals surface area contributed by atoms with E-state index in [4.69, 9.17) is 9.72 Å². The third-order valence-electron chi connectivity index (χ3n) is 4.95. The van der Waals surface area contributed by atoms with Crippen molar-refractivity contribution in [2.24, 2.45) is 0 Å². The zero-order valence-corrected chi connectivity index (χ0v) is 17.7. The average Bonchev–Trinajstić information content (AvgIpc) is 3.15. The van der Waals surface area contributed by atoms with Crippen molar-refractivity contribution in [3.8, 4) is 16.3 Å². The second-order valence-electron chi connectivity index (χ2n) is 8.24. The quantitative estimate of drug-likeness (QED) is 0.654. The fraction of sp³-hybridized carbons (Fsp3) is 0.409. The third-order valence-corrected chi connectivity index (χ3v) is 5.98. The molecular formula is C22H26N4OS. The van der Waals surface area contributed by atoms with E-state index in [9.17, 15) is 0 Å². The van der Waals surface area contributed by atoms with Crippen molar-refractivity contribution in [1.29, 1.82) is 0 Å². The summed E-state index contributed by atoms with van der Waals surface area (Å²) in [6.45, 7) is 9.31. The molecule has 0 atom stereocenters. The minimum Gasteiger partial charge on any atom is -0.497 e. The maximum absolute atomic E-state index is 5.23. The van der Waals surface area contributed by atoms with E-state index in [1.165, 1.54) is 16.1 Å². The summed E-state index contributed by atoms with van der Waals surface area (Å²) < 4.78 is 5.23. The lowest BCUT2D eigenvalue weighted by atomic mass is 9.95. The number of ether oxygens (including phenoxy) is 1. The molecule has 1 aliphatic rings. The van der Waals surface area contributed by atoms with Crippen molar-refractivity contribution < 1.29 is 4.74 Å². The van der Waals surface area contributed by atoms with Gasteiger partial charge < -0.3 is 4.74 Å². The third kappa shape index (κ3) is 4.08.